The fraction of sp³-hybridized carbons (Fsp3) is 0.364. The van der Waals surface area contributed by atoms with Crippen LogP contribution in [0.15, 0.2) is 24.5 Å². The van der Waals surface area contributed by atoms with E-state index in [0.29, 0.717) is 6.54 Å². The molecule has 0 amide bonds. The van der Waals surface area contributed by atoms with Crippen LogP contribution in [0, 0.1) is 5.82 Å². The molecule has 0 radical (unpaired) electrons. The van der Waals surface area contributed by atoms with Crippen LogP contribution in [-0.2, 0) is 5.41 Å². The first-order valence-electron chi connectivity index (χ1n) is 5.08. The largest absolute Gasteiger partial charge is 0.329 e. The summed E-state index contributed by atoms with van der Waals surface area (Å²) in [6.07, 6.45) is 5.59. The molecule has 1 fully saturated rings. The van der Waals surface area contributed by atoms with Gasteiger partial charge in [0.1, 0.15) is 11.6 Å². The minimum atomic E-state index is -0.230. The molecular weight excluding hydrogens is 193 g/mol. The van der Waals surface area contributed by atoms with Crippen molar-refractivity contribution in [3.8, 4) is 0 Å². The molecule has 2 aromatic rings. The highest BCUT2D eigenvalue weighted by atomic mass is 19.1. The monoisotopic (exact) mass is 205 g/mol. The highest BCUT2D eigenvalue weighted by Gasteiger charge is 2.46. The molecule has 0 unspecified atom stereocenters. The van der Waals surface area contributed by atoms with E-state index in [0.717, 1.165) is 24.2 Å². The minimum Gasteiger partial charge on any atom is -0.329 e. The smallest absolute Gasteiger partial charge is 0.126 e. The van der Waals surface area contributed by atoms with Crippen LogP contribution in [0.5, 0.6) is 0 Å². The van der Waals surface area contributed by atoms with E-state index < -0.39 is 0 Å². The van der Waals surface area contributed by atoms with Crippen molar-refractivity contribution < 1.29 is 4.39 Å². The quantitative estimate of drug-likeness (QED) is 0.806. The van der Waals surface area contributed by atoms with Gasteiger partial charge in [-0.05, 0) is 25.0 Å². The van der Waals surface area contributed by atoms with Gasteiger partial charge in [0.05, 0.1) is 11.7 Å². The molecule has 0 bridgehead atoms. The third-order valence-corrected chi connectivity index (χ3v) is 3.21. The van der Waals surface area contributed by atoms with Crippen LogP contribution in [0.1, 0.15) is 18.7 Å². The summed E-state index contributed by atoms with van der Waals surface area (Å²) in [6, 6.07) is 2.94. The topological polar surface area (TPSA) is 43.3 Å². The maximum absolute atomic E-state index is 13.0. The Bertz CT molecular complexity index is 514. The lowest BCUT2D eigenvalue weighted by molar-refractivity contribution is 0.620. The zero-order valence-corrected chi connectivity index (χ0v) is 8.28. The van der Waals surface area contributed by atoms with E-state index in [1.807, 2.05) is 4.40 Å². The molecule has 1 aliphatic rings. The standard InChI is InChI=1S/C11H12FN3/c12-8-1-4-15-9(5-8)6-14-10(15)11(7-13)2-3-11/h1,4-6H,2-3,7,13H2. The van der Waals surface area contributed by atoms with Crippen LogP contribution in [0.2, 0.25) is 0 Å². The molecule has 3 nitrogen and oxygen atoms in total. The van der Waals surface area contributed by atoms with Crippen LogP contribution < -0.4 is 5.73 Å². The van der Waals surface area contributed by atoms with E-state index in [4.69, 9.17) is 5.73 Å². The summed E-state index contributed by atoms with van der Waals surface area (Å²) in [6.45, 7) is 0.615. The van der Waals surface area contributed by atoms with Gasteiger partial charge in [0, 0.05) is 18.2 Å². The molecule has 1 aliphatic carbocycles. The van der Waals surface area contributed by atoms with Crippen LogP contribution in [-0.4, -0.2) is 15.9 Å². The normalized spacial score (nSPS) is 18.3. The summed E-state index contributed by atoms with van der Waals surface area (Å²) in [7, 11) is 0. The van der Waals surface area contributed by atoms with Crippen molar-refractivity contribution in [3.63, 3.8) is 0 Å². The third kappa shape index (κ3) is 1.18. The van der Waals surface area contributed by atoms with E-state index in [-0.39, 0.29) is 11.2 Å². The molecular formula is C11H12FN3. The van der Waals surface area contributed by atoms with Crippen molar-refractivity contribution in [2.45, 2.75) is 18.3 Å². The average molecular weight is 205 g/mol. The van der Waals surface area contributed by atoms with Gasteiger partial charge in [-0.25, -0.2) is 9.37 Å². The van der Waals surface area contributed by atoms with Gasteiger partial charge in [0.15, 0.2) is 0 Å². The molecule has 15 heavy (non-hydrogen) atoms. The van der Waals surface area contributed by atoms with E-state index >= 15 is 0 Å². The Hall–Kier alpha value is -1.42. The SMILES string of the molecule is NCC1(c2ncc3cc(F)ccn23)CC1. The van der Waals surface area contributed by atoms with Crippen molar-refractivity contribution in [1.29, 1.82) is 0 Å². The second kappa shape index (κ2) is 2.79. The predicted molar refractivity (Wildman–Crippen MR) is 55.1 cm³/mol. The number of hydrogen-bond acceptors (Lipinski definition) is 2. The molecule has 0 atom stereocenters. The molecule has 0 aromatic carbocycles. The second-order valence-corrected chi connectivity index (χ2v) is 4.21. The van der Waals surface area contributed by atoms with Crippen LogP contribution in [0.3, 0.4) is 0 Å². The van der Waals surface area contributed by atoms with Crippen molar-refractivity contribution in [2.75, 3.05) is 6.54 Å². The first kappa shape index (κ1) is 8.85. The van der Waals surface area contributed by atoms with Crippen LogP contribution >= 0.6 is 0 Å². The van der Waals surface area contributed by atoms with Gasteiger partial charge in [0.25, 0.3) is 0 Å². The van der Waals surface area contributed by atoms with Crippen LogP contribution in [0.4, 0.5) is 4.39 Å². The summed E-state index contributed by atoms with van der Waals surface area (Å²) in [4.78, 5) is 4.36. The predicted octanol–water partition coefficient (Wildman–Crippen LogP) is 1.46. The summed E-state index contributed by atoms with van der Waals surface area (Å²) >= 11 is 0. The van der Waals surface area contributed by atoms with Gasteiger partial charge in [-0.3, -0.25) is 0 Å². The van der Waals surface area contributed by atoms with E-state index in [2.05, 4.69) is 4.98 Å². The maximum Gasteiger partial charge on any atom is 0.126 e. The molecule has 0 saturated heterocycles. The molecule has 0 aliphatic heterocycles. The first-order chi connectivity index (χ1) is 7.25. The molecule has 3 rings (SSSR count). The van der Waals surface area contributed by atoms with Gasteiger partial charge < -0.3 is 10.1 Å². The number of halogens is 1. The van der Waals surface area contributed by atoms with Crippen molar-refractivity contribution in [1.82, 2.24) is 9.38 Å². The van der Waals surface area contributed by atoms with Crippen molar-refractivity contribution in [2.24, 2.45) is 5.73 Å². The third-order valence-electron chi connectivity index (χ3n) is 3.21. The number of nitrogens with two attached hydrogens (primary N) is 1. The number of pyridine rings is 1. The van der Waals surface area contributed by atoms with Gasteiger partial charge in [-0.1, -0.05) is 0 Å². The van der Waals surface area contributed by atoms with Gasteiger partial charge in [-0.15, -0.1) is 0 Å². The van der Waals surface area contributed by atoms with E-state index in [9.17, 15) is 4.39 Å². The lowest BCUT2D eigenvalue weighted by Crippen LogP contribution is -2.22. The summed E-state index contributed by atoms with van der Waals surface area (Å²) in [5.74, 6) is 0.742. The van der Waals surface area contributed by atoms with Crippen LogP contribution in [0.25, 0.3) is 5.52 Å². The number of hydrogen-bond donors (Lipinski definition) is 1. The zero-order valence-electron chi connectivity index (χ0n) is 8.28. The highest BCUT2D eigenvalue weighted by Crippen LogP contribution is 2.46. The van der Waals surface area contributed by atoms with E-state index in [1.165, 1.54) is 12.1 Å². The van der Waals surface area contributed by atoms with Crippen molar-refractivity contribution >= 4 is 5.52 Å². The van der Waals surface area contributed by atoms with Crippen molar-refractivity contribution in [3.05, 3.63) is 36.2 Å². The Morgan fingerprint density at radius 2 is 2.33 bits per heavy atom. The highest BCUT2D eigenvalue weighted by molar-refractivity contribution is 5.47. The first-order valence-corrected chi connectivity index (χ1v) is 5.08. The number of rotatable bonds is 2. The fourth-order valence-electron chi connectivity index (χ4n) is 2.03. The summed E-state index contributed by atoms with van der Waals surface area (Å²) in [5, 5.41) is 0. The number of nitrogens with zero attached hydrogens (tertiary/aromatic N) is 2. The number of imidazole rings is 1. The Morgan fingerprint density at radius 3 is 3.00 bits per heavy atom. The molecule has 2 N–H and O–H groups in total. The molecule has 4 heteroatoms. The lowest BCUT2D eigenvalue weighted by Gasteiger charge is -2.10. The molecule has 1 saturated carbocycles. The fourth-order valence-corrected chi connectivity index (χ4v) is 2.03. The Kier molecular flexibility index (Phi) is 1.65. The van der Waals surface area contributed by atoms with Gasteiger partial charge >= 0.3 is 0 Å². The zero-order chi connectivity index (χ0) is 10.5. The minimum absolute atomic E-state index is 0.0459. The molecule has 2 aromatic heterocycles. The number of fused-ring (bicyclic) bond motifs is 1. The molecule has 0 spiro atoms. The van der Waals surface area contributed by atoms with Gasteiger partial charge in [0.2, 0.25) is 0 Å². The second-order valence-electron chi connectivity index (χ2n) is 4.21. The maximum atomic E-state index is 13.0. The Morgan fingerprint density at radius 1 is 1.53 bits per heavy atom. The van der Waals surface area contributed by atoms with Gasteiger partial charge in [-0.2, -0.15) is 0 Å². The summed E-state index contributed by atoms with van der Waals surface area (Å²) in [5.41, 5.74) is 6.60. The molecule has 78 valence electrons. The number of aromatic nitrogens is 2. The Balaban J connectivity index is 2.21. The average Bonchev–Trinajstić information content (AvgIpc) is 2.93. The lowest BCUT2D eigenvalue weighted by atomic mass is 10.1. The molecule has 2 heterocycles. The summed E-state index contributed by atoms with van der Waals surface area (Å²) < 4.78 is 14.9. The Labute approximate surface area is 86.7 Å². The van der Waals surface area contributed by atoms with E-state index in [1.54, 1.807) is 12.4 Å².